The van der Waals surface area contributed by atoms with E-state index in [-0.39, 0.29) is 12.0 Å². The summed E-state index contributed by atoms with van der Waals surface area (Å²) in [4.78, 5) is 0. The van der Waals surface area contributed by atoms with E-state index in [0.29, 0.717) is 0 Å². The Morgan fingerprint density at radius 2 is 2.20 bits per heavy atom. The average Bonchev–Trinajstić information content (AvgIpc) is 2.30. The number of hydrogen-bond acceptors (Lipinski definition) is 2. The van der Waals surface area contributed by atoms with Gasteiger partial charge in [0.05, 0.1) is 6.61 Å². The fourth-order valence-electron chi connectivity index (χ4n) is 2.54. The van der Waals surface area contributed by atoms with Crippen molar-refractivity contribution >= 4 is 0 Å². The second-order valence-corrected chi connectivity index (χ2v) is 4.20. The Hall–Kier alpha value is -1.02. The number of aliphatic hydroxyl groups excluding tert-OH is 1. The molecule has 0 amide bonds. The molecular weight excluding hydrogens is 188 g/mol. The van der Waals surface area contributed by atoms with Crippen LogP contribution in [0, 0.1) is 0 Å². The lowest BCUT2D eigenvalue weighted by Gasteiger charge is -2.38. The highest BCUT2D eigenvalue weighted by Crippen LogP contribution is 2.43. The minimum absolute atomic E-state index is 0.129. The van der Waals surface area contributed by atoms with Gasteiger partial charge < -0.3 is 9.84 Å². The van der Waals surface area contributed by atoms with Crippen molar-refractivity contribution in [3.05, 3.63) is 29.8 Å². The first-order valence-electron chi connectivity index (χ1n) is 5.65. The van der Waals surface area contributed by atoms with Gasteiger partial charge in [-0.05, 0) is 25.3 Å². The second kappa shape index (κ2) is 4.23. The monoisotopic (exact) mass is 206 g/mol. The van der Waals surface area contributed by atoms with Crippen molar-refractivity contribution in [2.24, 2.45) is 0 Å². The van der Waals surface area contributed by atoms with Crippen molar-refractivity contribution < 1.29 is 9.84 Å². The molecule has 1 aromatic carbocycles. The molecule has 1 heterocycles. The van der Waals surface area contributed by atoms with Crippen LogP contribution >= 0.6 is 0 Å². The molecule has 1 unspecified atom stereocenters. The summed E-state index contributed by atoms with van der Waals surface area (Å²) in [6.45, 7) is 3.21. The van der Waals surface area contributed by atoms with Crippen molar-refractivity contribution in [2.45, 2.75) is 31.6 Å². The van der Waals surface area contributed by atoms with E-state index in [1.54, 1.807) is 0 Å². The Morgan fingerprint density at radius 3 is 2.93 bits per heavy atom. The summed E-state index contributed by atoms with van der Waals surface area (Å²) in [5, 5.41) is 9.20. The zero-order valence-electron chi connectivity index (χ0n) is 9.20. The van der Waals surface area contributed by atoms with Crippen LogP contribution in [-0.2, 0) is 5.41 Å². The Balaban J connectivity index is 2.42. The van der Waals surface area contributed by atoms with Crippen LogP contribution in [0.4, 0.5) is 0 Å². The topological polar surface area (TPSA) is 29.5 Å². The van der Waals surface area contributed by atoms with Gasteiger partial charge in [-0.15, -0.1) is 0 Å². The Morgan fingerprint density at radius 1 is 1.40 bits per heavy atom. The molecule has 0 bridgehead atoms. The van der Waals surface area contributed by atoms with E-state index in [4.69, 9.17) is 4.74 Å². The minimum Gasteiger partial charge on any atom is -0.493 e. The van der Waals surface area contributed by atoms with Gasteiger partial charge >= 0.3 is 0 Å². The molecule has 2 heteroatoms. The van der Waals surface area contributed by atoms with E-state index in [0.717, 1.165) is 31.6 Å². The molecule has 2 rings (SSSR count). The summed E-state index contributed by atoms with van der Waals surface area (Å²) in [6.07, 6.45) is 2.92. The van der Waals surface area contributed by atoms with Crippen molar-refractivity contribution in [2.75, 3.05) is 13.2 Å². The summed E-state index contributed by atoms with van der Waals surface area (Å²) in [6, 6.07) is 8.21. The third-order valence-electron chi connectivity index (χ3n) is 3.56. The molecule has 0 fully saturated rings. The van der Waals surface area contributed by atoms with Crippen LogP contribution < -0.4 is 4.74 Å². The summed E-state index contributed by atoms with van der Waals surface area (Å²) in [5.41, 5.74) is 1.40. The summed E-state index contributed by atoms with van der Waals surface area (Å²) < 4.78 is 5.65. The highest BCUT2D eigenvalue weighted by molar-refractivity contribution is 5.41. The second-order valence-electron chi connectivity index (χ2n) is 4.20. The van der Waals surface area contributed by atoms with E-state index >= 15 is 0 Å². The minimum atomic E-state index is 0.129. The maximum absolute atomic E-state index is 9.20. The van der Waals surface area contributed by atoms with E-state index < -0.39 is 0 Å². The molecule has 2 nitrogen and oxygen atoms in total. The molecule has 0 saturated heterocycles. The molecule has 1 atom stereocenters. The summed E-state index contributed by atoms with van der Waals surface area (Å²) in [7, 11) is 0. The Bertz CT molecular complexity index is 335. The van der Waals surface area contributed by atoms with Gasteiger partial charge in [0.2, 0.25) is 0 Å². The smallest absolute Gasteiger partial charge is 0.123 e. The lowest BCUT2D eigenvalue weighted by Crippen LogP contribution is -2.33. The number of rotatable bonds is 3. The van der Waals surface area contributed by atoms with Crippen LogP contribution in [0.15, 0.2) is 24.3 Å². The zero-order valence-corrected chi connectivity index (χ0v) is 9.20. The SMILES string of the molecule is CCC1(CCO)CCOc2ccccc21. The predicted octanol–water partition coefficient (Wildman–Crippen LogP) is 2.50. The van der Waals surface area contributed by atoms with Gasteiger partial charge in [0.15, 0.2) is 0 Å². The number of para-hydroxylation sites is 1. The van der Waals surface area contributed by atoms with Crippen LogP contribution in [0.25, 0.3) is 0 Å². The molecule has 0 radical (unpaired) electrons. The normalized spacial score (nSPS) is 24.4. The highest BCUT2D eigenvalue weighted by Gasteiger charge is 2.35. The number of aliphatic hydroxyl groups is 1. The third-order valence-corrected chi connectivity index (χ3v) is 3.56. The highest BCUT2D eigenvalue weighted by atomic mass is 16.5. The first-order valence-corrected chi connectivity index (χ1v) is 5.65. The van der Waals surface area contributed by atoms with Crippen LogP contribution in [0.5, 0.6) is 5.75 Å². The first kappa shape index (κ1) is 10.5. The van der Waals surface area contributed by atoms with Crippen LogP contribution in [0.2, 0.25) is 0 Å². The molecule has 0 aromatic heterocycles. The number of fused-ring (bicyclic) bond motifs is 1. The van der Waals surface area contributed by atoms with Crippen molar-refractivity contribution in [1.29, 1.82) is 0 Å². The van der Waals surface area contributed by atoms with E-state index in [9.17, 15) is 5.11 Å². The van der Waals surface area contributed by atoms with Gasteiger partial charge in [-0.1, -0.05) is 25.1 Å². The fourth-order valence-corrected chi connectivity index (χ4v) is 2.54. The molecule has 1 aliphatic rings. The fraction of sp³-hybridized carbons (Fsp3) is 0.538. The maximum Gasteiger partial charge on any atom is 0.123 e. The Labute approximate surface area is 90.9 Å². The van der Waals surface area contributed by atoms with Crippen molar-refractivity contribution in [3.8, 4) is 5.75 Å². The zero-order chi connectivity index (χ0) is 10.7. The van der Waals surface area contributed by atoms with E-state index in [1.807, 2.05) is 12.1 Å². The summed E-state index contributed by atoms with van der Waals surface area (Å²) >= 11 is 0. The number of benzene rings is 1. The predicted molar refractivity (Wildman–Crippen MR) is 60.2 cm³/mol. The van der Waals surface area contributed by atoms with Crippen LogP contribution in [0.3, 0.4) is 0 Å². The lowest BCUT2D eigenvalue weighted by molar-refractivity contribution is 0.167. The quantitative estimate of drug-likeness (QED) is 0.823. The Kier molecular flexibility index (Phi) is 2.96. The molecule has 1 aromatic rings. The van der Waals surface area contributed by atoms with Gasteiger partial charge in [-0.2, -0.15) is 0 Å². The number of ether oxygens (including phenoxy) is 1. The van der Waals surface area contributed by atoms with Gasteiger partial charge in [0.1, 0.15) is 5.75 Å². The largest absolute Gasteiger partial charge is 0.493 e. The van der Waals surface area contributed by atoms with Crippen LogP contribution in [-0.4, -0.2) is 18.3 Å². The molecule has 15 heavy (non-hydrogen) atoms. The molecule has 1 N–H and O–H groups in total. The van der Waals surface area contributed by atoms with Crippen molar-refractivity contribution in [3.63, 3.8) is 0 Å². The average molecular weight is 206 g/mol. The van der Waals surface area contributed by atoms with E-state index in [1.165, 1.54) is 5.56 Å². The van der Waals surface area contributed by atoms with E-state index in [2.05, 4.69) is 19.1 Å². The molecule has 0 aliphatic carbocycles. The summed E-state index contributed by atoms with van der Waals surface area (Å²) in [5.74, 6) is 0.999. The van der Waals surface area contributed by atoms with Gasteiger partial charge in [0, 0.05) is 17.6 Å². The van der Waals surface area contributed by atoms with Crippen LogP contribution in [0.1, 0.15) is 31.7 Å². The van der Waals surface area contributed by atoms with Gasteiger partial charge in [-0.3, -0.25) is 0 Å². The first-order chi connectivity index (χ1) is 7.32. The molecule has 82 valence electrons. The molecule has 0 spiro atoms. The lowest BCUT2D eigenvalue weighted by atomic mass is 9.72. The van der Waals surface area contributed by atoms with Gasteiger partial charge in [-0.25, -0.2) is 0 Å². The molecular formula is C13H18O2. The number of hydrogen-bond donors (Lipinski definition) is 1. The third kappa shape index (κ3) is 1.74. The standard InChI is InChI=1S/C13H18O2/c1-2-13(7-9-14)8-10-15-12-6-4-3-5-11(12)13/h3-6,14H,2,7-10H2,1H3. The molecule has 0 saturated carbocycles. The van der Waals surface area contributed by atoms with Crippen molar-refractivity contribution in [1.82, 2.24) is 0 Å². The molecule has 1 aliphatic heterocycles. The van der Waals surface area contributed by atoms with Gasteiger partial charge in [0.25, 0.3) is 0 Å². The maximum atomic E-state index is 9.20.